The van der Waals surface area contributed by atoms with Crippen molar-refractivity contribution in [2.24, 2.45) is 0 Å². The van der Waals surface area contributed by atoms with E-state index in [1.807, 2.05) is 6.07 Å². The third-order valence-corrected chi connectivity index (χ3v) is 3.20. The number of aryl methyl sites for hydroxylation is 1. The van der Waals surface area contributed by atoms with Gasteiger partial charge in [0.25, 0.3) is 0 Å². The maximum absolute atomic E-state index is 5.22. The number of halogens is 1. The molecule has 0 saturated carbocycles. The third kappa shape index (κ3) is 2.25. The van der Waals surface area contributed by atoms with Crippen LogP contribution in [-0.2, 0) is 0 Å². The van der Waals surface area contributed by atoms with Crippen LogP contribution >= 0.6 is 15.9 Å². The molecule has 1 aromatic carbocycles. The van der Waals surface area contributed by atoms with Gasteiger partial charge in [0.15, 0.2) is 0 Å². The molecule has 2 heteroatoms. The quantitative estimate of drug-likeness (QED) is 0.765. The Balaban J connectivity index is 3.25. The first kappa shape index (κ1) is 10.6. The summed E-state index contributed by atoms with van der Waals surface area (Å²) >= 11 is 3.59. The Labute approximate surface area is 88.2 Å². The van der Waals surface area contributed by atoms with Crippen LogP contribution in [0.3, 0.4) is 0 Å². The molecule has 0 spiro atoms. The van der Waals surface area contributed by atoms with Gasteiger partial charge < -0.3 is 4.74 Å². The normalized spacial score (nSPS) is 10.6. The van der Waals surface area contributed by atoms with Crippen molar-refractivity contribution in [1.29, 1.82) is 0 Å². The van der Waals surface area contributed by atoms with Crippen LogP contribution < -0.4 is 4.74 Å². The lowest BCUT2D eigenvalue weighted by molar-refractivity contribution is 0.413. The molecule has 0 amide bonds. The summed E-state index contributed by atoms with van der Waals surface area (Å²) in [5.74, 6) is 1.45. The fourth-order valence-corrected chi connectivity index (χ4v) is 1.99. The average molecular weight is 243 g/mol. The van der Waals surface area contributed by atoms with E-state index in [9.17, 15) is 0 Å². The van der Waals surface area contributed by atoms with Crippen molar-refractivity contribution in [3.8, 4) is 5.75 Å². The number of methoxy groups -OCH3 is 1. The fourth-order valence-electron chi connectivity index (χ4n) is 1.30. The van der Waals surface area contributed by atoms with E-state index >= 15 is 0 Å². The molecule has 1 aromatic rings. The summed E-state index contributed by atoms with van der Waals surface area (Å²) in [7, 11) is 1.70. The lowest BCUT2D eigenvalue weighted by Crippen LogP contribution is -1.94. The fraction of sp³-hybridized carbons (Fsp3) is 0.455. The molecule has 72 valence electrons. The summed E-state index contributed by atoms with van der Waals surface area (Å²) in [6.45, 7) is 6.44. The summed E-state index contributed by atoms with van der Waals surface area (Å²) in [5.41, 5.74) is 2.53. The minimum atomic E-state index is 0.517. The Morgan fingerprint density at radius 3 is 2.38 bits per heavy atom. The molecule has 0 saturated heterocycles. The first-order valence-electron chi connectivity index (χ1n) is 4.40. The van der Waals surface area contributed by atoms with E-state index in [1.54, 1.807) is 7.11 Å². The highest BCUT2D eigenvalue weighted by Crippen LogP contribution is 2.31. The number of hydrogen-bond donors (Lipinski definition) is 0. The van der Waals surface area contributed by atoms with Gasteiger partial charge in [-0.3, -0.25) is 0 Å². The van der Waals surface area contributed by atoms with E-state index in [-0.39, 0.29) is 0 Å². The second kappa shape index (κ2) is 4.14. The Kier molecular flexibility index (Phi) is 3.37. The van der Waals surface area contributed by atoms with E-state index in [0.29, 0.717) is 5.92 Å². The van der Waals surface area contributed by atoms with Crippen molar-refractivity contribution >= 4 is 15.9 Å². The van der Waals surface area contributed by atoms with Gasteiger partial charge in [0.05, 0.1) is 7.11 Å². The van der Waals surface area contributed by atoms with E-state index < -0.39 is 0 Å². The van der Waals surface area contributed by atoms with Gasteiger partial charge in [-0.1, -0.05) is 29.8 Å². The number of benzene rings is 1. The highest BCUT2D eigenvalue weighted by Gasteiger charge is 2.08. The standard InChI is InChI=1S/C11H15BrO/c1-7(2)10-6-9(13-4)5-8(3)11(10)12/h5-7H,1-4H3. The molecule has 0 aliphatic rings. The average Bonchev–Trinajstić information content (AvgIpc) is 2.09. The zero-order chi connectivity index (χ0) is 10.0. The molecule has 0 aliphatic heterocycles. The maximum Gasteiger partial charge on any atom is 0.119 e. The summed E-state index contributed by atoms with van der Waals surface area (Å²) in [5, 5.41) is 0. The number of ether oxygens (including phenoxy) is 1. The van der Waals surface area contributed by atoms with Gasteiger partial charge in [0.1, 0.15) is 5.75 Å². The molecule has 0 aliphatic carbocycles. The van der Waals surface area contributed by atoms with Crippen LogP contribution in [0.2, 0.25) is 0 Å². The van der Waals surface area contributed by atoms with Crippen LogP contribution in [0.4, 0.5) is 0 Å². The lowest BCUT2D eigenvalue weighted by Gasteiger charge is -2.12. The van der Waals surface area contributed by atoms with Crippen molar-refractivity contribution in [2.45, 2.75) is 26.7 Å². The Hall–Kier alpha value is -0.500. The van der Waals surface area contributed by atoms with Gasteiger partial charge in [-0.05, 0) is 36.1 Å². The third-order valence-electron chi connectivity index (χ3n) is 2.11. The molecule has 1 rings (SSSR count). The molecule has 0 heterocycles. The maximum atomic E-state index is 5.22. The largest absolute Gasteiger partial charge is 0.497 e. The van der Waals surface area contributed by atoms with Crippen molar-refractivity contribution in [3.05, 3.63) is 27.7 Å². The van der Waals surface area contributed by atoms with Crippen LogP contribution in [0.5, 0.6) is 5.75 Å². The summed E-state index contributed by atoms with van der Waals surface area (Å²) in [6.07, 6.45) is 0. The van der Waals surface area contributed by atoms with Gasteiger partial charge in [0, 0.05) is 4.47 Å². The molecule has 0 N–H and O–H groups in total. The minimum Gasteiger partial charge on any atom is -0.497 e. The molecular formula is C11H15BrO. The summed E-state index contributed by atoms with van der Waals surface area (Å²) in [6, 6.07) is 4.12. The van der Waals surface area contributed by atoms with Crippen molar-refractivity contribution in [3.63, 3.8) is 0 Å². The molecular weight excluding hydrogens is 228 g/mol. The second-order valence-corrected chi connectivity index (χ2v) is 4.30. The van der Waals surface area contributed by atoms with Crippen molar-refractivity contribution in [1.82, 2.24) is 0 Å². The number of rotatable bonds is 2. The van der Waals surface area contributed by atoms with Gasteiger partial charge >= 0.3 is 0 Å². The minimum absolute atomic E-state index is 0.517. The second-order valence-electron chi connectivity index (χ2n) is 3.50. The topological polar surface area (TPSA) is 9.23 Å². The van der Waals surface area contributed by atoms with Crippen LogP contribution in [0.25, 0.3) is 0 Å². The van der Waals surface area contributed by atoms with Gasteiger partial charge in [-0.25, -0.2) is 0 Å². The Morgan fingerprint density at radius 1 is 1.31 bits per heavy atom. The molecule has 0 unspecified atom stereocenters. The molecule has 0 radical (unpaired) electrons. The lowest BCUT2D eigenvalue weighted by atomic mass is 10.0. The highest BCUT2D eigenvalue weighted by atomic mass is 79.9. The van der Waals surface area contributed by atoms with Crippen molar-refractivity contribution in [2.75, 3.05) is 7.11 Å². The van der Waals surface area contributed by atoms with Gasteiger partial charge in [0.2, 0.25) is 0 Å². The summed E-state index contributed by atoms with van der Waals surface area (Å²) < 4.78 is 6.42. The molecule has 0 atom stereocenters. The predicted molar refractivity (Wildman–Crippen MR) is 59.5 cm³/mol. The zero-order valence-electron chi connectivity index (χ0n) is 8.52. The molecule has 0 aromatic heterocycles. The van der Waals surface area contributed by atoms with Gasteiger partial charge in [-0.2, -0.15) is 0 Å². The Morgan fingerprint density at radius 2 is 1.92 bits per heavy atom. The van der Waals surface area contributed by atoms with Crippen molar-refractivity contribution < 1.29 is 4.74 Å². The van der Waals surface area contributed by atoms with E-state index in [0.717, 1.165) is 5.75 Å². The first-order valence-corrected chi connectivity index (χ1v) is 5.19. The molecule has 0 fully saturated rings. The zero-order valence-corrected chi connectivity index (χ0v) is 10.1. The molecule has 0 bridgehead atoms. The van der Waals surface area contributed by atoms with Crippen LogP contribution in [0, 0.1) is 6.92 Å². The monoisotopic (exact) mass is 242 g/mol. The van der Waals surface area contributed by atoms with E-state index in [1.165, 1.54) is 15.6 Å². The number of hydrogen-bond acceptors (Lipinski definition) is 1. The smallest absolute Gasteiger partial charge is 0.119 e. The first-order chi connectivity index (χ1) is 6.06. The van der Waals surface area contributed by atoms with E-state index in [4.69, 9.17) is 4.74 Å². The SMILES string of the molecule is COc1cc(C)c(Br)c(C(C)C)c1. The van der Waals surface area contributed by atoms with Crippen LogP contribution in [0.1, 0.15) is 30.9 Å². The van der Waals surface area contributed by atoms with Crippen LogP contribution in [-0.4, -0.2) is 7.11 Å². The summed E-state index contributed by atoms with van der Waals surface area (Å²) in [4.78, 5) is 0. The van der Waals surface area contributed by atoms with Crippen LogP contribution in [0.15, 0.2) is 16.6 Å². The van der Waals surface area contributed by atoms with E-state index in [2.05, 4.69) is 42.8 Å². The predicted octanol–water partition coefficient (Wildman–Crippen LogP) is 3.89. The molecule has 1 nitrogen and oxygen atoms in total. The Bertz CT molecular complexity index is 305. The molecule has 13 heavy (non-hydrogen) atoms. The van der Waals surface area contributed by atoms with Gasteiger partial charge in [-0.15, -0.1) is 0 Å². The highest BCUT2D eigenvalue weighted by molar-refractivity contribution is 9.10.